The first-order chi connectivity index (χ1) is 6.16. The van der Waals surface area contributed by atoms with Crippen molar-refractivity contribution in [2.75, 3.05) is 20.1 Å². The highest BCUT2D eigenvalue weighted by Gasteiger charge is 1.99. The molecule has 1 N–H and O–H groups in total. The molecule has 4 nitrogen and oxygen atoms in total. The molecule has 0 unspecified atom stereocenters. The van der Waals surface area contributed by atoms with Crippen molar-refractivity contribution < 1.29 is 9.90 Å². The standard InChI is InChI=1S/C9H16N2O2/c1-11(8-4-6-10)7-3-2-5-9(12)13/h2-5,7-8H2,1H3,(H,12,13). The minimum absolute atomic E-state index is 0.242. The minimum atomic E-state index is -0.736. The summed E-state index contributed by atoms with van der Waals surface area (Å²) in [6.45, 7) is 1.64. The average molecular weight is 184 g/mol. The fraction of sp³-hybridized carbons (Fsp3) is 0.778. The number of nitriles is 1. The van der Waals surface area contributed by atoms with Crippen molar-refractivity contribution in [3.63, 3.8) is 0 Å². The number of hydrogen-bond acceptors (Lipinski definition) is 3. The number of carbonyl (C=O) groups is 1. The van der Waals surface area contributed by atoms with Crippen LogP contribution in [0.1, 0.15) is 25.7 Å². The fourth-order valence-corrected chi connectivity index (χ4v) is 1.01. The summed E-state index contributed by atoms with van der Waals surface area (Å²) in [6, 6.07) is 2.07. The molecule has 0 aromatic carbocycles. The Balaban J connectivity index is 3.22. The maximum Gasteiger partial charge on any atom is 0.303 e. The maximum atomic E-state index is 10.2. The molecule has 0 bridgehead atoms. The number of aliphatic carboxylic acids is 1. The normalized spacial score (nSPS) is 9.92. The molecule has 13 heavy (non-hydrogen) atoms. The van der Waals surface area contributed by atoms with E-state index < -0.39 is 5.97 Å². The van der Waals surface area contributed by atoms with Gasteiger partial charge in [-0.3, -0.25) is 4.79 Å². The van der Waals surface area contributed by atoms with Crippen molar-refractivity contribution in [3.8, 4) is 6.07 Å². The van der Waals surface area contributed by atoms with Gasteiger partial charge in [-0.05, 0) is 26.4 Å². The van der Waals surface area contributed by atoms with Gasteiger partial charge in [-0.25, -0.2) is 0 Å². The van der Waals surface area contributed by atoms with Crippen LogP contribution in [0.25, 0.3) is 0 Å². The van der Waals surface area contributed by atoms with Crippen LogP contribution >= 0.6 is 0 Å². The summed E-state index contributed by atoms with van der Waals surface area (Å²) in [4.78, 5) is 12.2. The van der Waals surface area contributed by atoms with Gasteiger partial charge in [0.25, 0.3) is 0 Å². The number of rotatable bonds is 7. The van der Waals surface area contributed by atoms with Gasteiger partial charge in [0.2, 0.25) is 0 Å². The molecule has 74 valence electrons. The van der Waals surface area contributed by atoms with Gasteiger partial charge in [-0.1, -0.05) is 0 Å². The largest absolute Gasteiger partial charge is 0.481 e. The van der Waals surface area contributed by atoms with Gasteiger partial charge in [0.1, 0.15) is 0 Å². The van der Waals surface area contributed by atoms with E-state index in [1.165, 1.54) is 0 Å². The second-order valence-electron chi connectivity index (χ2n) is 3.06. The lowest BCUT2D eigenvalue weighted by molar-refractivity contribution is -0.137. The molecule has 0 aliphatic heterocycles. The highest BCUT2D eigenvalue weighted by molar-refractivity contribution is 5.66. The van der Waals surface area contributed by atoms with Gasteiger partial charge in [-0.15, -0.1) is 0 Å². The van der Waals surface area contributed by atoms with Crippen LogP contribution in [-0.2, 0) is 4.79 Å². The predicted octanol–water partition coefficient (Wildman–Crippen LogP) is 1.09. The molecule has 0 heterocycles. The average Bonchev–Trinajstić information content (AvgIpc) is 2.08. The Morgan fingerprint density at radius 3 is 2.69 bits per heavy atom. The van der Waals surface area contributed by atoms with E-state index in [1.807, 2.05) is 11.9 Å². The van der Waals surface area contributed by atoms with Gasteiger partial charge in [0.15, 0.2) is 0 Å². The second kappa shape index (κ2) is 7.56. The number of unbranched alkanes of at least 4 members (excludes halogenated alkanes) is 1. The Hall–Kier alpha value is -1.08. The van der Waals surface area contributed by atoms with Crippen molar-refractivity contribution in [2.24, 2.45) is 0 Å². The molecule has 0 saturated heterocycles. The van der Waals surface area contributed by atoms with Crippen molar-refractivity contribution in [2.45, 2.75) is 25.7 Å². The van der Waals surface area contributed by atoms with Gasteiger partial charge in [-0.2, -0.15) is 5.26 Å². The first-order valence-corrected chi connectivity index (χ1v) is 4.44. The first-order valence-electron chi connectivity index (χ1n) is 4.44. The van der Waals surface area contributed by atoms with E-state index in [-0.39, 0.29) is 6.42 Å². The van der Waals surface area contributed by atoms with Gasteiger partial charge >= 0.3 is 5.97 Å². The zero-order chi connectivity index (χ0) is 10.1. The van der Waals surface area contributed by atoms with E-state index in [2.05, 4.69) is 6.07 Å². The Kier molecular flexibility index (Phi) is 6.93. The topological polar surface area (TPSA) is 64.3 Å². The molecule has 0 spiro atoms. The first kappa shape index (κ1) is 11.9. The van der Waals surface area contributed by atoms with Crippen LogP contribution in [0.2, 0.25) is 0 Å². The third-order valence-corrected chi connectivity index (χ3v) is 1.79. The summed E-state index contributed by atoms with van der Waals surface area (Å²) in [5.41, 5.74) is 0. The third kappa shape index (κ3) is 8.83. The molecular formula is C9H16N2O2. The fourth-order valence-electron chi connectivity index (χ4n) is 1.01. The summed E-state index contributed by atoms with van der Waals surface area (Å²) in [6.07, 6.45) is 2.38. The van der Waals surface area contributed by atoms with E-state index >= 15 is 0 Å². The van der Waals surface area contributed by atoms with E-state index in [1.54, 1.807) is 0 Å². The molecule has 0 fully saturated rings. The van der Waals surface area contributed by atoms with E-state index in [0.29, 0.717) is 12.8 Å². The quantitative estimate of drug-likeness (QED) is 0.601. The van der Waals surface area contributed by atoms with Crippen LogP contribution in [0.5, 0.6) is 0 Å². The molecule has 0 rings (SSSR count). The molecule has 0 aromatic rings. The summed E-state index contributed by atoms with van der Waals surface area (Å²) in [7, 11) is 1.94. The zero-order valence-corrected chi connectivity index (χ0v) is 7.99. The highest BCUT2D eigenvalue weighted by atomic mass is 16.4. The van der Waals surface area contributed by atoms with Crippen LogP contribution in [0, 0.1) is 11.3 Å². The van der Waals surface area contributed by atoms with Crippen molar-refractivity contribution in [3.05, 3.63) is 0 Å². The van der Waals surface area contributed by atoms with Crippen molar-refractivity contribution in [1.82, 2.24) is 4.90 Å². The van der Waals surface area contributed by atoms with E-state index in [9.17, 15) is 4.79 Å². The number of nitrogens with zero attached hydrogens (tertiary/aromatic N) is 2. The minimum Gasteiger partial charge on any atom is -0.481 e. The lowest BCUT2D eigenvalue weighted by atomic mass is 10.2. The lowest BCUT2D eigenvalue weighted by Crippen LogP contribution is -2.20. The molecule has 0 radical (unpaired) electrons. The predicted molar refractivity (Wildman–Crippen MR) is 49.2 cm³/mol. The molecule has 0 amide bonds. The monoisotopic (exact) mass is 184 g/mol. The van der Waals surface area contributed by atoms with Crippen LogP contribution in [0.15, 0.2) is 0 Å². The molecule has 0 aliphatic rings. The Morgan fingerprint density at radius 2 is 2.15 bits per heavy atom. The maximum absolute atomic E-state index is 10.2. The molecule has 4 heteroatoms. The molecular weight excluding hydrogens is 168 g/mol. The molecule has 0 saturated carbocycles. The van der Waals surface area contributed by atoms with Crippen molar-refractivity contribution in [1.29, 1.82) is 5.26 Å². The SMILES string of the molecule is CN(CCC#N)CCCCC(=O)O. The molecule has 0 aliphatic carbocycles. The Labute approximate surface area is 78.8 Å². The molecule has 0 atom stereocenters. The summed E-state index contributed by atoms with van der Waals surface area (Å²) < 4.78 is 0. The third-order valence-electron chi connectivity index (χ3n) is 1.79. The van der Waals surface area contributed by atoms with Gasteiger partial charge in [0, 0.05) is 19.4 Å². The Morgan fingerprint density at radius 1 is 1.46 bits per heavy atom. The van der Waals surface area contributed by atoms with Crippen LogP contribution in [-0.4, -0.2) is 36.1 Å². The highest BCUT2D eigenvalue weighted by Crippen LogP contribution is 1.97. The summed E-state index contributed by atoms with van der Waals surface area (Å²) >= 11 is 0. The smallest absolute Gasteiger partial charge is 0.303 e. The van der Waals surface area contributed by atoms with Crippen LogP contribution < -0.4 is 0 Å². The molecule has 0 aromatic heterocycles. The van der Waals surface area contributed by atoms with Gasteiger partial charge in [0.05, 0.1) is 6.07 Å². The van der Waals surface area contributed by atoms with E-state index in [0.717, 1.165) is 19.5 Å². The zero-order valence-electron chi connectivity index (χ0n) is 7.99. The second-order valence-corrected chi connectivity index (χ2v) is 3.06. The lowest BCUT2D eigenvalue weighted by Gasteiger charge is -2.13. The van der Waals surface area contributed by atoms with Crippen LogP contribution in [0.3, 0.4) is 0 Å². The van der Waals surface area contributed by atoms with Crippen LogP contribution in [0.4, 0.5) is 0 Å². The number of carboxylic acids is 1. The summed E-state index contributed by atoms with van der Waals surface area (Å²) in [5.74, 6) is -0.736. The Bertz CT molecular complexity index is 187. The van der Waals surface area contributed by atoms with Crippen molar-refractivity contribution >= 4 is 5.97 Å². The van der Waals surface area contributed by atoms with Gasteiger partial charge < -0.3 is 10.0 Å². The van der Waals surface area contributed by atoms with E-state index in [4.69, 9.17) is 10.4 Å². The number of carboxylic acid groups (broad SMARTS) is 1. The number of hydrogen-bond donors (Lipinski definition) is 1. The summed E-state index contributed by atoms with van der Waals surface area (Å²) in [5, 5.41) is 16.7.